The number of nitrogens with zero attached hydrogens (tertiary/aromatic N) is 2. The maximum Gasteiger partial charge on any atom is 0.0834 e. The Labute approximate surface area is 126 Å². The molecule has 1 N–H and O–H groups in total. The number of aromatic nitrogens is 2. The van der Waals surface area contributed by atoms with Gasteiger partial charge in [-0.2, -0.15) is 5.10 Å². The van der Waals surface area contributed by atoms with Gasteiger partial charge in [-0.1, -0.05) is 48.9 Å². The van der Waals surface area contributed by atoms with Crippen molar-refractivity contribution in [3.8, 4) is 0 Å². The topological polar surface area (TPSA) is 29.9 Å². The number of benzene rings is 1. The highest BCUT2D eigenvalue weighted by atomic mass is 35.5. The molecule has 0 aliphatic rings. The second-order valence-corrected chi connectivity index (χ2v) is 5.37. The van der Waals surface area contributed by atoms with Gasteiger partial charge >= 0.3 is 0 Å². The van der Waals surface area contributed by atoms with Gasteiger partial charge in [0.05, 0.1) is 23.0 Å². The molecule has 0 saturated heterocycles. The second kappa shape index (κ2) is 7.46. The van der Waals surface area contributed by atoms with Crippen LogP contribution in [0, 0.1) is 0 Å². The highest BCUT2D eigenvalue weighted by molar-refractivity contribution is 6.31. The summed E-state index contributed by atoms with van der Waals surface area (Å²) in [6, 6.07) is 10.8. The molecule has 0 aliphatic heterocycles. The summed E-state index contributed by atoms with van der Waals surface area (Å²) < 4.78 is 2.02. The maximum atomic E-state index is 6.31. The molecule has 0 bridgehead atoms. The van der Waals surface area contributed by atoms with Crippen LogP contribution in [0.5, 0.6) is 0 Å². The Morgan fingerprint density at radius 3 is 2.70 bits per heavy atom. The van der Waals surface area contributed by atoms with Gasteiger partial charge in [-0.05, 0) is 31.9 Å². The Hall–Kier alpha value is -1.32. The first-order chi connectivity index (χ1) is 9.76. The van der Waals surface area contributed by atoms with E-state index >= 15 is 0 Å². The van der Waals surface area contributed by atoms with Crippen molar-refractivity contribution in [2.24, 2.45) is 0 Å². The third-order valence-corrected chi connectivity index (χ3v) is 3.80. The minimum atomic E-state index is 0.233. The molecular formula is C16H22ClN3. The van der Waals surface area contributed by atoms with Crippen LogP contribution in [0.4, 0.5) is 0 Å². The van der Waals surface area contributed by atoms with Gasteiger partial charge in [-0.25, -0.2) is 0 Å². The zero-order chi connectivity index (χ0) is 14.4. The lowest BCUT2D eigenvalue weighted by Crippen LogP contribution is -2.21. The Bertz CT molecular complexity index is 522. The molecule has 0 amide bonds. The first-order valence-corrected chi connectivity index (χ1v) is 7.56. The molecule has 20 heavy (non-hydrogen) atoms. The zero-order valence-electron chi connectivity index (χ0n) is 12.1. The predicted molar refractivity (Wildman–Crippen MR) is 84.1 cm³/mol. The first kappa shape index (κ1) is 15.1. The Morgan fingerprint density at radius 2 is 2.05 bits per heavy atom. The van der Waals surface area contributed by atoms with Crippen molar-refractivity contribution in [2.75, 3.05) is 7.05 Å². The number of halogens is 1. The van der Waals surface area contributed by atoms with Gasteiger partial charge in [0.1, 0.15) is 0 Å². The molecule has 0 fully saturated rings. The minimum Gasteiger partial charge on any atom is -0.312 e. The molecule has 1 heterocycles. The molecule has 0 spiro atoms. The fourth-order valence-electron chi connectivity index (χ4n) is 2.48. The average Bonchev–Trinajstić information content (AvgIpc) is 2.83. The van der Waals surface area contributed by atoms with Crippen molar-refractivity contribution >= 4 is 11.6 Å². The number of rotatable bonds is 7. The van der Waals surface area contributed by atoms with Crippen molar-refractivity contribution in [3.63, 3.8) is 0 Å². The van der Waals surface area contributed by atoms with Gasteiger partial charge in [0.2, 0.25) is 0 Å². The lowest BCUT2D eigenvalue weighted by molar-refractivity contribution is 0.477. The predicted octanol–water partition coefficient (Wildman–Crippen LogP) is 3.84. The highest BCUT2D eigenvalue weighted by Gasteiger charge is 2.18. The smallest absolute Gasteiger partial charge is 0.0834 e. The highest BCUT2D eigenvalue weighted by Crippen LogP contribution is 2.26. The quantitative estimate of drug-likeness (QED) is 0.840. The van der Waals surface area contributed by atoms with Gasteiger partial charge in [-0.15, -0.1) is 0 Å². The number of nitrogens with one attached hydrogen (secondary N) is 1. The van der Waals surface area contributed by atoms with E-state index in [1.54, 1.807) is 6.20 Å². The summed E-state index contributed by atoms with van der Waals surface area (Å²) in [4.78, 5) is 0. The maximum absolute atomic E-state index is 6.31. The van der Waals surface area contributed by atoms with E-state index in [0.29, 0.717) is 0 Å². The third-order valence-electron chi connectivity index (χ3n) is 3.51. The first-order valence-electron chi connectivity index (χ1n) is 7.18. The fraction of sp³-hybridized carbons (Fsp3) is 0.438. The van der Waals surface area contributed by atoms with E-state index in [9.17, 15) is 0 Å². The summed E-state index contributed by atoms with van der Waals surface area (Å²) in [6.07, 6.45) is 4.84. The lowest BCUT2D eigenvalue weighted by Gasteiger charge is -2.18. The summed E-state index contributed by atoms with van der Waals surface area (Å²) in [5.74, 6) is 0. The van der Waals surface area contributed by atoms with E-state index in [-0.39, 0.29) is 6.04 Å². The van der Waals surface area contributed by atoms with Crippen molar-refractivity contribution < 1.29 is 0 Å². The summed E-state index contributed by atoms with van der Waals surface area (Å²) >= 11 is 6.31. The lowest BCUT2D eigenvalue weighted by atomic mass is 10.0. The standard InChI is InChI=1S/C16H22ClN3/c1-3-11-20-16(14(17)12-19-20)15(18-2)10-9-13-7-5-4-6-8-13/h4-8,12,15,18H,3,9-11H2,1-2H3. The van der Waals surface area contributed by atoms with Crippen LogP contribution < -0.4 is 5.32 Å². The van der Waals surface area contributed by atoms with Crippen LogP contribution in [0.15, 0.2) is 36.5 Å². The van der Waals surface area contributed by atoms with E-state index in [0.717, 1.165) is 36.5 Å². The van der Waals surface area contributed by atoms with Gasteiger partial charge < -0.3 is 5.32 Å². The summed E-state index contributed by atoms with van der Waals surface area (Å²) in [7, 11) is 1.98. The molecular weight excluding hydrogens is 270 g/mol. The molecule has 1 aromatic heterocycles. The summed E-state index contributed by atoms with van der Waals surface area (Å²) in [6.45, 7) is 3.06. The van der Waals surface area contributed by atoms with Gasteiger partial charge in [0.15, 0.2) is 0 Å². The van der Waals surface area contributed by atoms with Gasteiger partial charge in [-0.3, -0.25) is 4.68 Å². The van der Waals surface area contributed by atoms with Crippen molar-refractivity contribution in [3.05, 3.63) is 52.8 Å². The normalized spacial score (nSPS) is 12.6. The van der Waals surface area contributed by atoms with E-state index < -0.39 is 0 Å². The van der Waals surface area contributed by atoms with Crippen LogP contribution in [-0.4, -0.2) is 16.8 Å². The summed E-state index contributed by atoms with van der Waals surface area (Å²) in [5, 5.41) is 8.50. The molecule has 0 radical (unpaired) electrons. The second-order valence-electron chi connectivity index (χ2n) is 4.97. The number of aryl methyl sites for hydroxylation is 2. The number of hydrogen-bond donors (Lipinski definition) is 1. The molecule has 0 aliphatic carbocycles. The third kappa shape index (κ3) is 3.62. The van der Waals surface area contributed by atoms with Crippen LogP contribution in [0.3, 0.4) is 0 Å². The van der Waals surface area contributed by atoms with Crippen molar-refractivity contribution in [2.45, 2.75) is 38.8 Å². The largest absolute Gasteiger partial charge is 0.312 e. The monoisotopic (exact) mass is 291 g/mol. The molecule has 4 heteroatoms. The zero-order valence-corrected chi connectivity index (χ0v) is 12.9. The Balaban J connectivity index is 2.10. The van der Waals surface area contributed by atoms with Crippen LogP contribution in [0.25, 0.3) is 0 Å². The minimum absolute atomic E-state index is 0.233. The average molecular weight is 292 g/mol. The van der Waals surface area contributed by atoms with Gasteiger partial charge in [0.25, 0.3) is 0 Å². The Morgan fingerprint density at radius 1 is 1.30 bits per heavy atom. The van der Waals surface area contributed by atoms with Crippen molar-refractivity contribution in [1.82, 2.24) is 15.1 Å². The van der Waals surface area contributed by atoms with E-state index in [1.165, 1.54) is 5.56 Å². The van der Waals surface area contributed by atoms with Crippen LogP contribution in [0.1, 0.15) is 37.1 Å². The van der Waals surface area contributed by atoms with Crippen LogP contribution in [0.2, 0.25) is 5.02 Å². The molecule has 2 aromatic rings. The molecule has 0 saturated carbocycles. The molecule has 1 unspecified atom stereocenters. The Kier molecular flexibility index (Phi) is 5.62. The molecule has 1 aromatic carbocycles. The van der Waals surface area contributed by atoms with Crippen LogP contribution in [-0.2, 0) is 13.0 Å². The van der Waals surface area contributed by atoms with Gasteiger partial charge in [0, 0.05) is 6.54 Å². The summed E-state index contributed by atoms with van der Waals surface area (Å²) in [5.41, 5.74) is 2.46. The van der Waals surface area contributed by atoms with E-state index in [1.807, 2.05) is 17.8 Å². The van der Waals surface area contributed by atoms with Crippen molar-refractivity contribution in [1.29, 1.82) is 0 Å². The SMILES string of the molecule is CCCn1ncc(Cl)c1C(CCc1ccccc1)NC. The number of hydrogen-bond acceptors (Lipinski definition) is 2. The fourth-order valence-corrected chi connectivity index (χ4v) is 2.75. The van der Waals surface area contributed by atoms with E-state index in [2.05, 4.69) is 41.6 Å². The molecule has 108 valence electrons. The molecule has 1 atom stereocenters. The van der Waals surface area contributed by atoms with E-state index in [4.69, 9.17) is 11.6 Å². The molecule has 3 nitrogen and oxygen atoms in total. The van der Waals surface area contributed by atoms with Crippen LogP contribution >= 0.6 is 11.6 Å². The molecule has 2 rings (SSSR count).